The molecule has 0 radical (unpaired) electrons. The Morgan fingerprint density at radius 3 is 0.821 bits per heavy atom. The number of allylic oxidation sites excluding steroid dienone is 18. The van der Waals surface area contributed by atoms with E-state index in [2.05, 4.69) is 130 Å². The minimum atomic E-state index is -0.787. The van der Waals surface area contributed by atoms with Gasteiger partial charge in [0.05, 0.1) is 0 Å². The fraction of sp³-hybridized carbons (Fsp3) is 0.708. The molecule has 0 N–H and O–H groups in total. The number of ether oxygens (including phenoxy) is 3. The molecule has 6 nitrogen and oxygen atoms in total. The molecule has 0 spiro atoms. The minimum Gasteiger partial charge on any atom is -0.462 e. The summed E-state index contributed by atoms with van der Waals surface area (Å²) in [5.74, 6) is -0.896. The maximum atomic E-state index is 12.9. The first kappa shape index (κ1) is 74.1. The Labute approximate surface area is 482 Å². The van der Waals surface area contributed by atoms with E-state index < -0.39 is 6.10 Å². The zero-order chi connectivity index (χ0) is 56.4. The van der Waals surface area contributed by atoms with Crippen molar-refractivity contribution in [2.75, 3.05) is 13.2 Å². The van der Waals surface area contributed by atoms with Crippen LogP contribution in [0.5, 0.6) is 0 Å². The van der Waals surface area contributed by atoms with Gasteiger partial charge in [0.2, 0.25) is 0 Å². The molecule has 1 atom stereocenters. The van der Waals surface area contributed by atoms with Gasteiger partial charge in [-0.25, -0.2) is 0 Å². The van der Waals surface area contributed by atoms with Crippen LogP contribution in [0.2, 0.25) is 0 Å². The van der Waals surface area contributed by atoms with E-state index in [0.29, 0.717) is 19.3 Å². The van der Waals surface area contributed by atoms with Crippen LogP contribution >= 0.6 is 0 Å². The van der Waals surface area contributed by atoms with Crippen molar-refractivity contribution in [1.29, 1.82) is 0 Å². The largest absolute Gasteiger partial charge is 0.462 e. The van der Waals surface area contributed by atoms with E-state index in [-0.39, 0.29) is 31.1 Å². The van der Waals surface area contributed by atoms with Gasteiger partial charge in [-0.1, -0.05) is 271 Å². The van der Waals surface area contributed by atoms with Crippen LogP contribution < -0.4 is 0 Å². The molecule has 0 aliphatic rings. The first-order valence-corrected chi connectivity index (χ1v) is 32.9. The fourth-order valence-corrected chi connectivity index (χ4v) is 9.06. The summed E-state index contributed by atoms with van der Waals surface area (Å²) in [5.41, 5.74) is 0. The molecule has 0 amide bonds. The van der Waals surface area contributed by atoms with Crippen molar-refractivity contribution in [2.45, 2.75) is 316 Å². The van der Waals surface area contributed by atoms with E-state index in [0.717, 1.165) is 116 Å². The van der Waals surface area contributed by atoms with Gasteiger partial charge in [-0.2, -0.15) is 0 Å². The third kappa shape index (κ3) is 62.9. The quantitative estimate of drug-likeness (QED) is 0.0261. The van der Waals surface area contributed by atoms with Gasteiger partial charge in [-0.15, -0.1) is 0 Å². The number of unbranched alkanes of at least 4 members (excludes halogenated alkanes) is 30. The van der Waals surface area contributed by atoms with Gasteiger partial charge in [0.25, 0.3) is 0 Å². The molecule has 0 heterocycles. The van der Waals surface area contributed by atoms with E-state index in [1.54, 1.807) is 0 Å². The lowest BCUT2D eigenvalue weighted by Gasteiger charge is -2.18. The molecule has 0 saturated heterocycles. The Bertz CT molecular complexity index is 1570. The molecule has 78 heavy (non-hydrogen) atoms. The second kappa shape index (κ2) is 65.6. The summed E-state index contributed by atoms with van der Waals surface area (Å²) in [6, 6.07) is 0. The van der Waals surface area contributed by atoms with E-state index in [1.807, 2.05) is 0 Å². The highest BCUT2D eigenvalue weighted by Gasteiger charge is 2.19. The predicted octanol–water partition coefficient (Wildman–Crippen LogP) is 22.6. The number of carbonyl (C=O) groups is 3. The molecular weight excluding hydrogens is 961 g/mol. The van der Waals surface area contributed by atoms with Gasteiger partial charge in [0.15, 0.2) is 6.10 Å². The highest BCUT2D eigenvalue weighted by Crippen LogP contribution is 2.16. The maximum Gasteiger partial charge on any atom is 0.306 e. The summed E-state index contributed by atoms with van der Waals surface area (Å²) >= 11 is 0. The molecule has 0 fully saturated rings. The van der Waals surface area contributed by atoms with Crippen molar-refractivity contribution >= 4 is 17.9 Å². The third-order valence-corrected chi connectivity index (χ3v) is 14.0. The number of rotatable bonds is 59. The SMILES string of the molecule is CC/C=C\C/C=C\C/C=C\C/C=C\C/C=C\C/C=C\C/C=C\CCCCCCCCCCCC(=O)OCC(COC(=O)CCCCCCC/C=C\CCCCC)OC(=O)CCCCCCCCC/C=C\CCCCCCCC. The topological polar surface area (TPSA) is 78.9 Å². The van der Waals surface area contributed by atoms with Crippen molar-refractivity contribution in [3.8, 4) is 0 Å². The molecule has 1 unspecified atom stereocenters. The molecule has 0 aliphatic heterocycles. The lowest BCUT2D eigenvalue weighted by atomic mass is 10.1. The average Bonchev–Trinajstić information content (AvgIpc) is 3.44. The number of esters is 3. The number of hydrogen-bond acceptors (Lipinski definition) is 6. The van der Waals surface area contributed by atoms with Crippen molar-refractivity contribution < 1.29 is 28.6 Å². The minimum absolute atomic E-state index is 0.0849. The molecule has 0 aromatic heterocycles. The van der Waals surface area contributed by atoms with E-state index in [1.165, 1.54) is 154 Å². The first-order valence-electron chi connectivity index (χ1n) is 32.9. The van der Waals surface area contributed by atoms with Crippen LogP contribution in [-0.4, -0.2) is 37.2 Å². The van der Waals surface area contributed by atoms with Crippen LogP contribution in [-0.2, 0) is 28.6 Å². The smallest absolute Gasteiger partial charge is 0.306 e. The first-order chi connectivity index (χ1) is 38.5. The summed E-state index contributed by atoms with van der Waals surface area (Å²) in [7, 11) is 0. The number of carbonyl (C=O) groups excluding carboxylic acids is 3. The summed E-state index contributed by atoms with van der Waals surface area (Å²) in [6.07, 6.45) is 89.5. The molecule has 0 aromatic rings. The Hall–Kier alpha value is -3.93. The van der Waals surface area contributed by atoms with Crippen LogP contribution in [0.1, 0.15) is 310 Å². The summed E-state index contributed by atoms with van der Waals surface area (Å²) in [5, 5.41) is 0. The summed E-state index contributed by atoms with van der Waals surface area (Å²) in [6.45, 7) is 6.50. The lowest BCUT2D eigenvalue weighted by molar-refractivity contribution is -0.167. The Morgan fingerprint density at radius 2 is 0.500 bits per heavy atom. The Balaban J connectivity index is 4.27. The molecule has 0 saturated carbocycles. The van der Waals surface area contributed by atoms with Gasteiger partial charge in [0.1, 0.15) is 13.2 Å². The third-order valence-electron chi connectivity index (χ3n) is 14.0. The van der Waals surface area contributed by atoms with Crippen LogP contribution in [0.3, 0.4) is 0 Å². The molecule has 446 valence electrons. The van der Waals surface area contributed by atoms with E-state index >= 15 is 0 Å². The standard InChI is InChI=1S/C72H122O6/c1-4-7-10-13-16-19-22-25-27-29-30-31-32-33-34-35-36-37-38-39-40-41-42-44-45-47-50-53-56-59-62-65-71(74)77-68-69(67-76-70(73)64-61-58-55-52-49-24-21-18-15-12-9-6-3)78-72(75)66-63-60-57-54-51-48-46-43-28-26-23-20-17-14-11-8-5-2/h7,10,16,18-19,21,25-28,30-31,33-34,36-37,39-40,69H,4-6,8-9,11-15,17,20,22-24,29,32,35,38,41-68H2,1-3H3/b10-7-,19-16-,21-18-,27-25-,28-26-,31-30-,34-33-,37-36-,40-39-. The Kier molecular flexibility index (Phi) is 62.3. The highest BCUT2D eigenvalue weighted by molar-refractivity contribution is 5.71. The van der Waals surface area contributed by atoms with Crippen molar-refractivity contribution in [3.63, 3.8) is 0 Å². The van der Waals surface area contributed by atoms with Crippen LogP contribution in [0.4, 0.5) is 0 Å². The summed E-state index contributed by atoms with van der Waals surface area (Å²) < 4.78 is 16.9. The Morgan fingerprint density at radius 1 is 0.269 bits per heavy atom. The van der Waals surface area contributed by atoms with Gasteiger partial charge in [-0.3, -0.25) is 14.4 Å². The highest BCUT2D eigenvalue weighted by atomic mass is 16.6. The normalized spacial score (nSPS) is 12.8. The van der Waals surface area contributed by atoms with Crippen molar-refractivity contribution in [2.24, 2.45) is 0 Å². The zero-order valence-corrected chi connectivity index (χ0v) is 51.2. The molecule has 0 aromatic carbocycles. The molecule has 6 heteroatoms. The van der Waals surface area contributed by atoms with E-state index in [9.17, 15) is 14.4 Å². The predicted molar refractivity (Wildman–Crippen MR) is 339 cm³/mol. The zero-order valence-electron chi connectivity index (χ0n) is 51.2. The molecule has 0 rings (SSSR count). The summed E-state index contributed by atoms with van der Waals surface area (Å²) in [4.78, 5) is 38.3. The van der Waals surface area contributed by atoms with Gasteiger partial charge in [0, 0.05) is 19.3 Å². The maximum absolute atomic E-state index is 12.9. The van der Waals surface area contributed by atoms with Gasteiger partial charge in [-0.05, 0) is 128 Å². The molecule has 0 bridgehead atoms. The average molecular weight is 1080 g/mol. The van der Waals surface area contributed by atoms with Crippen LogP contribution in [0.25, 0.3) is 0 Å². The van der Waals surface area contributed by atoms with Gasteiger partial charge < -0.3 is 14.2 Å². The van der Waals surface area contributed by atoms with Crippen molar-refractivity contribution in [3.05, 3.63) is 109 Å². The number of hydrogen-bond donors (Lipinski definition) is 0. The van der Waals surface area contributed by atoms with Crippen LogP contribution in [0, 0.1) is 0 Å². The fourth-order valence-electron chi connectivity index (χ4n) is 9.06. The molecule has 0 aliphatic carbocycles. The van der Waals surface area contributed by atoms with Gasteiger partial charge >= 0.3 is 17.9 Å². The van der Waals surface area contributed by atoms with E-state index in [4.69, 9.17) is 14.2 Å². The molecular formula is C72H122O6. The van der Waals surface area contributed by atoms with Crippen molar-refractivity contribution in [1.82, 2.24) is 0 Å². The second-order valence-electron chi connectivity index (χ2n) is 21.6. The lowest BCUT2D eigenvalue weighted by Crippen LogP contribution is -2.30. The monoisotopic (exact) mass is 1080 g/mol. The second-order valence-corrected chi connectivity index (χ2v) is 21.6. The van der Waals surface area contributed by atoms with Crippen LogP contribution in [0.15, 0.2) is 109 Å².